The third-order valence-electron chi connectivity index (χ3n) is 7.49. The minimum absolute atomic E-state index is 0.443. The number of nitrogens with zero attached hydrogens (tertiary/aromatic N) is 6. The van der Waals surface area contributed by atoms with Crippen LogP contribution in [0.5, 0.6) is 0 Å². The van der Waals surface area contributed by atoms with Crippen LogP contribution in [-0.2, 0) is 12.8 Å². The molecule has 0 fully saturated rings. The number of rotatable bonds is 12. The van der Waals surface area contributed by atoms with Gasteiger partial charge in [0.05, 0.1) is 22.7 Å². The zero-order valence-electron chi connectivity index (χ0n) is 25.6. The average molecular weight is 554 g/mol. The van der Waals surface area contributed by atoms with E-state index in [1.807, 2.05) is 16.5 Å². The lowest BCUT2D eigenvalue weighted by Gasteiger charge is -2.22. The molecule has 0 saturated heterocycles. The van der Waals surface area contributed by atoms with Crippen molar-refractivity contribution in [3.8, 4) is 5.69 Å². The van der Waals surface area contributed by atoms with E-state index >= 15 is 0 Å². The third-order valence-corrected chi connectivity index (χ3v) is 7.49. The van der Waals surface area contributed by atoms with Gasteiger partial charge in [-0.05, 0) is 66.7 Å². The van der Waals surface area contributed by atoms with Crippen LogP contribution in [0.25, 0.3) is 17.1 Å². The van der Waals surface area contributed by atoms with Crippen molar-refractivity contribution in [2.75, 3.05) is 10.9 Å². The first-order valence-corrected chi connectivity index (χ1v) is 15.1. The van der Waals surface area contributed by atoms with Crippen molar-refractivity contribution in [1.82, 2.24) is 24.1 Å². The van der Waals surface area contributed by atoms with Crippen molar-refractivity contribution >= 4 is 22.9 Å². The average Bonchev–Trinajstić information content (AvgIpc) is 3.51. The molecule has 0 aliphatic heterocycles. The Morgan fingerprint density at radius 2 is 1.71 bits per heavy atom. The molecule has 41 heavy (non-hydrogen) atoms. The molecular formula is C33H45N8+. The number of imidazole rings is 1. The van der Waals surface area contributed by atoms with Crippen LogP contribution in [0.3, 0.4) is 0 Å². The molecular weight excluding hydrogens is 508 g/mol. The van der Waals surface area contributed by atoms with Crippen molar-refractivity contribution in [2.24, 2.45) is 17.8 Å². The summed E-state index contributed by atoms with van der Waals surface area (Å²) in [6.45, 7) is 15.8. The molecule has 1 unspecified atom stereocenters. The number of benzene rings is 1. The molecule has 0 bridgehead atoms. The van der Waals surface area contributed by atoms with Crippen LogP contribution in [-0.4, -0.2) is 24.1 Å². The summed E-state index contributed by atoms with van der Waals surface area (Å²) in [5.74, 6) is 4.85. The van der Waals surface area contributed by atoms with Gasteiger partial charge in [0.1, 0.15) is 11.5 Å². The molecule has 0 saturated carbocycles. The summed E-state index contributed by atoms with van der Waals surface area (Å²) in [4.78, 5) is 9.23. The van der Waals surface area contributed by atoms with Crippen molar-refractivity contribution < 1.29 is 4.40 Å². The molecule has 0 aliphatic carbocycles. The van der Waals surface area contributed by atoms with Gasteiger partial charge in [0.25, 0.3) is 0 Å². The van der Waals surface area contributed by atoms with E-state index in [4.69, 9.17) is 10.1 Å². The first kappa shape index (κ1) is 28.6. The molecule has 1 atom stereocenters. The Morgan fingerprint density at radius 3 is 2.44 bits per heavy atom. The van der Waals surface area contributed by atoms with E-state index in [1.54, 1.807) is 6.20 Å². The van der Waals surface area contributed by atoms with Gasteiger partial charge in [-0.25, -0.2) is 14.4 Å². The number of hydrogen-bond donors (Lipinski definition) is 2. The molecule has 8 heteroatoms. The molecule has 0 spiro atoms. The fourth-order valence-electron chi connectivity index (χ4n) is 5.67. The molecule has 5 aromatic rings. The maximum absolute atomic E-state index is 5.02. The van der Waals surface area contributed by atoms with Crippen molar-refractivity contribution in [2.45, 2.75) is 80.1 Å². The fraction of sp³-hybridized carbons (Fsp3) is 0.455. The van der Waals surface area contributed by atoms with Gasteiger partial charge in [0.2, 0.25) is 11.6 Å². The summed E-state index contributed by atoms with van der Waals surface area (Å²) in [5, 5.41) is 5.02. The number of nitrogens with one attached hydrogen (secondary N) is 2. The van der Waals surface area contributed by atoms with E-state index in [1.165, 1.54) is 11.4 Å². The zero-order valence-corrected chi connectivity index (χ0v) is 25.6. The second kappa shape index (κ2) is 12.3. The minimum Gasteiger partial charge on any atom is -0.299 e. The van der Waals surface area contributed by atoms with Crippen molar-refractivity contribution in [3.63, 3.8) is 0 Å². The second-order valence-corrected chi connectivity index (χ2v) is 12.4. The molecule has 8 nitrogen and oxygen atoms in total. The number of aromatic nitrogens is 6. The lowest BCUT2D eigenvalue weighted by molar-refractivity contribution is -0.523. The van der Waals surface area contributed by atoms with Gasteiger partial charge in [0, 0.05) is 30.9 Å². The Hall–Kier alpha value is -3.94. The molecule has 2 N–H and O–H groups in total. The number of pyridine rings is 1. The van der Waals surface area contributed by atoms with Crippen LogP contribution < -0.4 is 15.3 Å². The van der Waals surface area contributed by atoms with Crippen LogP contribution in [0.2, 0.25) is 0 Å². The smallest absolute Gasteiger partial charge is 0.299 e. The summed E-state index contributed by atoms with van der Waals surface area (Å²) in [7, 11) is 0. The molecule has 5 rings (SSSR count). The molecule has 0 amide bonds. The Morgan fingerprint density at radius 1 is 0.902 bits per heavy atom. The van der Waals surface area contributed by atoms with Gasteiger partial charge in [-0.3, -0.25) is 15.3 Å². The highest BCUT2D eigenvalue weighted by molar-refractivity contribution is 5.62. The Labute approximate surface area is 243 Å². The van der Waals surface area contributed by atoms with E-state index in [9.17, 15) is 0 Å². The van der Waals surface area contributed by atoms with Gasteiger partial charge in [-0.2, -0.15) is 0 Å². The molecule has 1 aromatic carbocycles. The van der Waals surface area contributed by atoms with Crippen molar-refractivity contribution in [3.05, 3.63) is 78.1 Å². The third kappa shape index (κ3) is 6.37. The maximum Gasteiger partial charge on any atom is 0.306 e. The zero-order chi connectivity index (χ0) is 29.1. The van der Waals surface area contributed by atoms with Crippen LogP contribution in [0.1, 0.15) is 84.3 Å². The fourth-order valence-corrected chi connectivity index (χ4v) is 5.67. The van der Waals surface area contributed by atoms with Gasteiger partial charge < -0.3 is 0 Å². The molecule has 4 heterocycles. The number of anilines is 2. The van der Waals surface area contributed by atoms with Gasteiger partial charge in [0.15, 0.2) is 0 Å². The first-order chi connectivity index (χ1) is 19.7. The quantitative estimate of drug-likeness (QED) is 0.128. The van der Waals surface area contributed by atoms with Crippen LogP contribution in [0.4, 0.5) is 11.5 Å². The van der Waals surface area contributed by atoms with E-state index in [0.29, 0.717) is 29.4 Å². The highest BCUT2D eigenvalue weighted by Crippen LogP contribution is 2.34. The standard InChI is InChI=1S/C33H45N8/c1-8-25(17-22(2)3)28-13-12-27(41-32(19-24(6)7)39-16-10-9-11-31(39)38-41)20-29(28)36-37-30-14-15-34-33-35-26(18-23(4)5)21-40(30)33/h9-16,20-25,36-37H,8,17-19H2,1-7H3/q+1. The monoisotopic (exact) mass is 553 g/mol. The number of hydrazine groups is 1. The topological polar surface area (TPSA) is 76.2 Å². The highest BCUT2D eigenvalue weighted by Gasteiger charge is 2.24. The predicted molar refractivity (Wildman–Crippen MR) is 167 cm³/mol. The van der Waals surface area contributed by atoms with E-state index < -0.39 is 0 Å². The lowest BCUT2D eigenvalue weighted by atomic mass is 9.87. The second-order valence-electron chi connectivity index (χ2n) is 12.4. The summed E-state index contributed by atoms with van der Waals surface area (Å²) in [5.41, 5.74) is 12.5. The lowest BCUT2D eigenvalue weighted by Crippen LogP contribution is -2.27. The number of hydrogen-bond acceptors (Lipinski definition) is 5. The van der Waals surface area contributed by atoms with Gasteiger partial charge in [-0.15, -0.1) is 0 Å². The molecule has 216 valence electrons. The summed E-state index contributed by atoms with van der Waals surface area (Å²) in [6, 6.07) is 14.9. The summed E-state index contributed by atoms with van der Waals surface area (Å²) < 4.78 is 6.33. The minimum atomic E-state index is 0.443. The Kier molecular flexibility index (Phi) is 8.57. The first-order valence-electron chi connectivity index (χ1n) is 15.1. The summed E-state index contributed by atoms with van der Waals surface area (Å²) in [6.07, 6.45) is 10.0. The number of fused-ring (bicyclic) bond motifs is 2. The predicted octanol–water partition coefficient (Wildman–Crippen LogP) is 7.03. The Balaban J connectivity index is 1.56. The Bertz CT molecular complexity index is 1610. The normalized spacial score (nSPS) is 12.7. The van der Waals surface area contributed by atoms with Crippen molar-refractivity contribution in [1.29, 1.82) is 0 Å². The van der Waals surface area contributed by atoms with E-state index in [-0.39, 0.29) is 0 Å². The van der Waals surface area contributed by atoms with Crippen LogP contribution in [0, 0.1) is 17.8 Å². The molecule has 0 aliphatic rings. The SMILES string of the molecule is CCC(CC(C)C)c1ccc(-n2nc3cccc[n+]3c2CC(C)C)cc1NNc1ccnc2nc(CC(C)C)cn12. The summed E-state index contributed by atoms with van der Waals surface area (Å²) >= 11 is 0. The van der Waals surface area contributed by atoms with E-state index in [2.05, 4.69) is 116 Å². The van der Waals surface area contributed by atoms with Gasteiger partial charge in [-0.1, -0.05) is 65.3 Å². The maximum atomic E-state index is 5.02. The van der Waals surface area contributed by atoms with Crippen LogP contribution >= 0.6 is 0 Å². The molecule has 4 aromatic heterocycles. The van der Waals surface area contributed by atoms with E-state index in [0.717, 1.165) is 54.2 Å². The highest BCUT2D eigenvalue weighted by atomic mass is 15.4. The van der Waals surface area contributed by atoms with Crippen LogP contribution in [0.15, 0.2) is 61.1 Å². The molecule has 0 radical (unpaired) electrons. The van der Waals surface area contributed by atoms with Gasteiger partial charge >= 0.3 is 5.65 Å². The largest absolute Gasteiger partial charge is 0.306 e.